The largest absolute Gasteiger partial charge is 0.321 e. The fourth-order valence-corrected chi connectivity index (χ4v) is 3.49. The molecule has 0 saturated carbocycles. The summed E-state index contributed by atoms with van der Waals surface area (Å²) in [7, 11) is 0. The summed E-state index contributed by atoms with van der Waals surface area (Å²) in [5.74, 6) is -0.277. The minimum Gasteiger partial charge on any atom is -0.321 e. The van der Waals surface area contributed by atoms with Crippen molar-refractivity contribution in [3.05, 3.63) is 67.3 Å². The first kappa shape index (κ1) is 16.0. The van der Waals surface area contributed by atoms with E-state index in [1.54, 1.807) is 6.07 Å². The summed E-state index contributed by atoms with van der Waals surface area (Å²) < 4.78 is 14.7. The molecule has 106 valence electrons. The van der Waals surface area contributed by atoms with Crippen LogP contribution < -0.4 is 5.73 Å². The van der Waals surface area contributed by atoms with Gasteiger partial charge in [-0.1, -0.05) is 55.6 Å². The highest BCUT2D eigenvalue weighted by atomic mass is 79.9. The van der Waals surface area contributed by atoms with Gasteiger partial charge < -0.3 is 5.73 Å². The number of benzene rings is 2. The number of rotatable bonds is 3. The molecule has 5 heteroatoms. The highest BCUT2D eigenvalue weighted by Gasteiger charge is 2.25. The molecular weight excluding hydrogens is 408 g/mol. The summed E-state index contributed by atoms with van der Waals surface area (Å²) in [4.78, 5) is 0. The number of nitrogens with two attached hydrogens (primary N) is 1. The van der Waals surface area contributed by atoms with E-state index in [1.165, 1.54) is 12.1 Å². The van der Waals surface area contributed by atoms with E-state index >= 15 is 0 Å². The van der Waals surface area contributed by atoms with Crippen molar-refractivity contribution in [1.29, 1.82) is 0 Å². The van der Waals surface area contributed by atoms with Crippen LogP contribution >= 0.6 is 43.5 Å². The van der Waals surface area contributed by atoms with Crippen LogP contribution in [-0.4, -0.2) is 0 Å². The van der Waals surface area contributed by atoms with E-state index in [-0.39, 0.29) is 5.82 Å². The van der Waals surface area contributed by atoms with E-state index < -0.39 is 5.54 Å². The minimum atomic E-state index is -0.641. The van der Waals surface area contributed by atoms with Crippen molar-refractivity contribution in [3.8, 4) is 0 Å². The van der Waals surface area contributed by atoms with E-state index in [4.69, 9.17) is 17.3 Å². The predicted molar refractivity (Wildman–Crippen MR) is 88.5 cm³/mol. The molecule has 0 fully saturated rings. The van der Waals surface area contributed by atoms with Gasteiger partial charge in [0.05, 0.1) is 0 Å². The average Bonchev–Trinajstić information content (AvgIpc) is 2.32. The van der Waals surface area contributed by atoms with Crippen molar-refractivity contribution >= 4 is 43.5 Å². The summed E-state index contributed by atoms with van der Waals surface area (Å²) in [6, 6.07) is 10.2. The zero-order chi connectivity index (χ0) is 14.9. The Morgan fingerprint density at radius 3 is 2.50 bits per heavy atom. The van der Waals surface area contributed by atoms with E-state index in [2.05, 4.69) is 31.9 Å². The SMILES string of the molecule is CC(N)(Cc1ccc(F)cc1Br)c1ccc(Br)cc1Cl. The van der Waals surface area contributed by atoms with Crippen LogP contribution in [0, 0.1) is 5.82 Å². The summed E-state index contributed by atoms with van der Waals surface area (Å²) >= 11 is 13.0. The first-order chi connectivity index (χ1) is 9.29. The molecule has 0 bridgehead atoms. The maximum Gasteiger partial charge on any atom is 0.124 e. The van der Waals surface area contributed by atoms with Gasteiger partial charge in [0.25, 0.3) is 0 Å². The maximum absolute atomic E-state index is 13.1. The number of hydrogen-bond donors (Lipinski definition) is 1. The summed E-state index contributed by atoms with van der Waals surface area (Å²) in [6.45, 7) is 1.91. The third-order valence-corrected chi connectivity index (χ3v) is 4.66. The molecule has 0 aliphatic rings. The normalized spacial score (nSPS) is 14.1. The van der Waals surface area contributed by atoms with Crippen molar-refractivity contribution in [2.24, 2.45) is 5.73 Å². The average molecular weight is 422 g/mol. The molecule has 0 aromatic heterocycles. The van der Waals surface area contributed by atoms with Crippen LogP contribution in [-0.2, 0) is 12.0 Å². The molecule has 0 heterocycles. The van der Waals surface area contributed by atoms with E-state index in [0.717, 1.165) is 15.6 Å². The zero-order valence-corrected chi connectivity index (χ0v) is 14.7. The van der Waals surface area contributed by atoms with Gasteiger partial charge in [0.15, 0.2) is 0 Å². The van der Waals surface area contributed by atoms with Crippen molar-refractivity contribution < 1.29 is 4.39 Å². The Bertz CT molecular complexity index is 644. The Hall–Kier alpha value is -0.420. The fraction of sp³-hybridized carbons (Fsp3) is 0.200. The van der Waals surface area contributed by atoms with Gasteiger partial charge in [0.2, 0.25) is 0 Å². The van der Waals surface area contributed by atoms with Gasteiger partial charge in [0, 0.05) is 19.5 Å². The second-order valence-electron chi connectivity index (χ2n) is 4.95. The third-order valence-electron chi connectivity index (χ3n) is 3.12. The lowest BCUT2D eigenvalue weighted by Gasteiger charge is -2.27. The lowest BCUT2D eigenvalue weighted by molar-refractivity contribution is 0.490. The van der Waals surface area contributed by atoms with Crippen LogP contribution in [0.2, 0.25) is 5.02 Å². The lowest BCUT2D eigenvalue weighted by Crippen LogP contribution is -2.36. The molecule has 2 aromatic rings. The van der Waals surface area contributed by atoms with E-state index in [9.17, 15) is 4.39 Å². The predicted octanol–water partition coefficient (Wildman–Crippen LogP) is 5.42. The Kier molecular flexibility index (Phi) is 4.90. The molecule has 0 aliphatic heterocycles. The molecule has 2 N–H and O–H groups in total. The van der Waals surface area contributed by atoms with Gasteiger partial charge in [-0.3, -0.25) is 0 Å². The van der Waals surface area contributed by atoms with Crippen molar-refractivity contribution in [1.82, 2.24) is 0 Å². The lowest BCUT2D eigenvalue weighted by atomic mass is 9.86. The fourth-order valence-electron chi connectivity index (χ4n) is 2.11. The van der Waals surface area contributed by atoms with Crippen LogP contribution in [0.1, 0.15) is 18.1 Å². The van der Waals surface area contributed by atoms with Gasteiger partial charge in [-0.05, 0) is 48.7 Å². The number of hydrogen-bond acceptors (Lipinski definition) is 1. The molecule has 0 spiro atoms. The smallest absolute Gasteiger partial charge is 0.124 e. The standard InChI is InChI=1S/C15H13Br2ClFN/c1-15(20,12-5-3-10(16)6-14(12)18)8-9-2-4-11(19)7-13(9)17/h2-7H,8,20H2,1H3. The molecule has 0 saturated heterocycles. The monoisotopic (exact) mass is 419 g/mol. The molecule has 1 nitrogen and oxygen atoms in total. The number of halogens is 4. The summed E-state index contributed by atoms with van der Waals surface area (Å²) in [5.41, 5.74) is 7.57. The molecule has 1 atom stereocenters. The zero-order valence-electron chi connectivity index (χ0n) is 10.8. The van der Waals surface area contributed by atoms with Crippen molar-refractivity contribution in [2.75, 3.05) is 0 Å². The first-order valence-corrected chi connectivity index (χ1v) is 7.94. The first-order valence-electron chi connectivity index (χ1n) is 5.98. The molecule has 0 amide bonds. The third kappa shape index (κ3) is 3.61. The van der Waals surface area contributed by atoms with Crippen LogP contribution in [0.15, 0.2) is 45.3 Å². The highest BCUT2D eigenvalue weighted by Crippen LogP contribution is 2.33. The maximum atomic E-state index is 13.1. The van der Waals surface area contributed by atoms with E-state index in [1.807, 2.05) is 25.1 Å². The second kappa shape index (κ2) is 6.14. The van der Waals surface area contributed by atoms with Gasteiger partial charge in [0.1, 0.15) is 5.82 Å². The van der Waals surface area contributed by atoms with Gasteiger partial charge >= 0.3 is 0 Å². The van der Waals surface area contributed by atoms with Crippen molar-refractivity contribution in [2.45, 2.75) is 18.9 Å². The van der Waals surface area contributed by atoms with Crippen LogP contribution in [0.3, 0.4) is 0 Å². The Morgan fingerprint density at radius 2 is 1.90 bits per heavy atom. The molecule has 2 aromatic carbocycles. The molecular formula is C15H13Br2ClFN. The molecule has 0 radical (unpaired) electrons. The van der Waals surface area contributed by atoms with Crippen LogP contribution in [0.5, 0.6) is 0 Å². The topological polar surface area (TPSA) is 26.0 Å². The van der Waals surface area contributed by atoms with Crippen LogP contribution in [0.4, 0.5) is 4.39 Å². The second-order valence-corrected chi connectivity index (χ2v) is 7.13. The quantitative estimate of drug-likeness (QED) is 0.704. The molecule has 1 unspecified atom stereocenters. The van der Waals surface area contributed by atoms with Crippen molar-refractivity contribution in [3.63, 3.8) is 0 Å². The Morgan fingerprint density at radius 1 is 1.20 bits per heavy atom. The minimum absolute atomic E-state index is 0.277. The molecule has 20 heavy (non-hydrogen) atoms. The molecule has 0 aliphatic carbocycles. The summed E-state index contributed by atoms with van der Waals surface area (Å²) in [6.07, 6.45) is 0.551. The van der Waals surface area contributed by atoms with E-state index in [0.29, 0.717) is 15.9 Å². The van der Waals surface area contributed by atoms with Crippen LogP contribution in [0.25, 0.3) is 0 Å². The summed E-state index contributed by atoms with van der Waals surface area (Å²) in [5, 5.41) is 0.614. The Balaban J connectivity index is 2.35. The Labute approximate surface area is 139 Å². The molecule has 2 rings (SSSR count). The van der Waals surface area contributed by atoms with Gasteiger partial charge in [-0.15, -0.1) is 0 Å². The van der Waals surface area contributed by atoms with Gasteiger partial charge in [-0.2, -0.15) is 0 Å². The van der Waals surface area contributed by atoms with Gasteiger partial charge in [-0.25, -0.2) is 4.39 Å². The highest BCUT2D eigenvalue weighted by molar-refractivity contribution is 9.10.